The number of ether oxygens (including phenoxy) is 5. The molecule has 2 bridgehead atoms. The predicted octanol–water partition coefficient (Wildman–Crippen LogP) is 4.96. The van der Waals surface area contributed by atoms with E-state index in [1.807, 2.05) is 45.1 Å². The highest BCUT2D eigenvalue weighted by molar-refractivity contribution is 5.78. The summed E-state index contributed by atoms with van der Waals surface area (Å²) in [6.45, 7) is 12.4. The Bertz CT molecular complexity index is 1200. The summed E-state index contributed by atoms with van der Waals surface area (Å²) in [5.41, 5.74) is 0.594. The molecule has 12 atom stereocenters. The lowest BCUT2D eigenvalue weighted by Gasteiger charge is -2.48. The van der Waals surface area contributed by atoms with Crippen LogP contribution in [0, 0.1) is 23.7 Å². The molecule has 0 saturated carbocycles. The van der Waals surface area contributed by atoms with Gasteiger partial charge in [-0.3, -0.25) is 4.79 Å². The minimum Gasteiger partial charge on any atom is -0.462 e. The second-order valence-electron chi connectivity index (χ2n) is 13.4. The van der Waals surface area contributed by atoms with E-state index in [0.29, 0.717) is 30.8 Å². The smallest absolute Gasteiger partial charge is 0.316 e. The number of methoxy groups -OCH3 is 1. The van der Waals surface area contributed by atoms with Crippen LogP contribution in [0.4, 0.5) is 0 Å². The van der Waals surface area contributed by atoms with Crippen LogP contribution < -0.4 is 0 Å². The summed E-state index contributed by atoms with van der Waals surface area (Å²) in [5.74, 6) is -2.14. The first-order chi connectivity index (χ1) is 20.4. The number of hydrogen-bond donors (Lipinski definition) is 2. The Morgan fingerprint density at radius 3 is 2.60 bits per heavy atom. The van der Waals surface area contributed by atoms with E-state index in [2.05, 4.69) is 26.8 Å². The first-order valence-electron chi connectivity index (χ1n) is 16.0. The molecular weight excluding hydrogens is 548 g/mol. The van der Waals surface area contributed by atoms with Crippen LogP contribution in [0.15, 0.2) is 59.3 Å². The molecule has 1 aliphatic carbocycles. The summed E-state index contributed by atoms with van der Waals surface area (Å²) >= 11 is 0. The molecule has 0 aromatic heterocycles. The minimum absolute atomic E-state index is 0.0330. The van der Waals surface area contributed by atoms with Crippen LogP contribution in [0.5, 0.6) is 0 Å². The second kappa shape index (κ2) is 12.7. The van der Waals surface area contributed by atoms with Gasteiger partial charge in [-0.25, -0.2) is 0 Å². The van der Waals surface area contributed by atoms with Gasteiger partial charge in [0.25, 0.3) is 0 Å². The third-order valence-electron chi connectivity index (χ3n) is 10.3. The van der Waals surface area contributed by atoms with Gasteiger partial charge in [0.15, 0.2) is 5.79 Å². The van der Waals surface area contributed by atoms with Gasteiger partial charge < -0.3 is 33.9 Å². The van der Waals surface area contributed by atoms with Crippen LogP contribution in [0.1, 0.15) is 67.2 Å². The molecule has 1 unspecified atom stereocenters. The van der Waals surface area contributed by atoms with Crippen LogP contribution in [-0.2, 0) is 28.5 Å². The zero-order valence-corrected chi connectivity index (χ0v) is 26.7. The quantitative estimate of drug-likeness (QED) is 0.347. The molecule has 5 rings (SSSR count). The normalized spacial score (nSPS) is 47.4. The van der Waals surface area contributed by atoms with Crippen LogP contribution in [0.25, 0.3) is 0 Å². The van der Waals surface area contributed by atoms with Crippen LogP contribution in [0.3, 0.4) is 0 Å². The Hall–Kier alpha value is -2.07. The van der Waals surface area contributed by atoms with Gasteiger partial charge >= 0.3 is 5.97 Å². The maximum Gasteiger partial charge on any atom is 0.316 e. The van der Waals surface area contributed by atoms with Gasteiger partial charge in [-0.05, 0) is 49.0 Å². The number of hydrogen-bond acceptors (Lipinski definition) is 8. The van der Waals surface area contributed by atoms with Gasteiger partial charge in [-0.15, -0.1) is 0 Å². The number of carbonyl (C=O) groups excluding carboxylic acids is 1. The molecule has 0 aromatic rings. The van der Waals surface area contributed by atoms with E-state index >= 15 is 0 Å². The molecule has 8 heteroatoms. The van der Waals surface area contributed by atoms with Crippen molar-refractivity contribution in [2.24, 2.45) is 23.7 Å². The maximum absolute atomic E-state index is 14.1. The summed E-state index contributed by atoms with van der Waals surface area (Å²) in [6.07, 6.45) is 13.0. The Balaban J connectivity index is 1.55. The van der Waals surface area contributed by atoms with Crippen molar-refractivity contribution < 1.29 is 38.7 Å². The lowest BCUT2D eigenvalue weighted by Crippen LogP contribution is -2.58. The first kappa shape index (κ1) is 32.3. The lowest BCUT2D eigenvalue weighted by molar-refractivity contribution is -0.300. The van der Waals surface area contributed by atoms with Crippen molar-refractivity contribution >= 4 is 5.97 Å². The average molecular weight is 599 g/mol. The minimum atomic E-state index is -1.64. The number of allylic oxidation sites excluding steroid dienone is 2. The molecule has 8 nitrogen and oxygen atoms in total. The molecule has 4 aliphatic heterocycles. The maximum atomic E-state index is 14.1. The third-order valence-corrected chi connectivity index (χ3v) is 10.3. The highest BCUT2D eigenvalue weighted by atomic mass is 16.7. The summed E-state index contributed by atoms with van der Waals surface area (Å²) in [6, 6.07) is 0. The predicted molar refractivity (Wildman–Crippen MR) is 163 cm³/mol. The number of fused-ring (bicyclic) bond motifs is 2. The molecule has 2 fully saturated rings. The number of aliphatic hydroxyl groups excluding tert-OH is 1. The molecule has 43 heavy (non-hydrogen) atoms. The van der Waals surface area contributed by atoms with Gasteiger partial charge in [0, 0.05) is 31.8 Å². The lowest BCUT2D eigenvalue weighted by atomic mass is 9.70. The Kier molecular flexibility index (Phi) is 9.58. The van der Waals surface area contributed by atoms with E-state index < -0.39 is 47.7 Å². The molecule has 0 radical (unpaired) electrons. The van der Waals surface area contributed by atoms with Crippen LogP contribution in [0.2, 0.25) is 0 Å². The highest BCUT2D eigenvalue weighted by Gasteiger charge is 2.60. The summed E-state index contributed by atoms with van der Waals surface area (Å²) in [5, 5.41) is 23.4. The van der Waals surface area contributed by atoms with E-state index in [1.165, 1.54) is 0 Å². The van der Waals surface area contributed by atoms with E-state index in [-0.39, 0.29) is 30.7 Å². The number of carbonyl (C=O) groups is 1. The van der Waals surface area contributed by atoms with Gasteiger partial charge in [0.05, 0.1) is 24.9 Å². The van der Waals surface area contributed by atoms with Crippen molar-refractivity contribution in [3.8, 4) is 0 Å². The fraction of sp³-hybridized carbons (Fsp3) is 0.686. The summed E-state index contributed by atoms with van der Waals surface area (Å²) in [4.78, 5) is 14.1. The molecule has 0 amide bonds. The number of esters is 1. The monoisotopic (exact) mass is 598 g/mol. The van der Waals surface area contributed by atoms with E-state index in [9.17, 15) is 15.0 Å². The zero-order chi connectivity index (χ0) is 31.1. The first-order valence-corrected chi connectivity index (χ1v) is 16.0. The molecule has 0 aromatic carbocycles. The SMILES string of the molecule is CCC(C)[C@H]1O[C@@]2(C=C[C@@H]1C)C[C@@H]1C[C@@H](C/C=C(\C)[C@@H](O)[C@@H](C)/C=C/C=C3\CO[C@@H]4[C@H](OC)C(C)=C[C@@H](C(=O)O1)[C@]34O)O2. The van der Waals surface area contributed by atoms with Gasteiger partial charge in [0.1, 0.15) is 29.8 Å². The standard InChI is InChI=1S/C35H50O8/c1-8-20(2)30-23(5)14-15-34(43-30)18-27-17-26(42-34)13-12-22(4)29(36)21(3)10-9-11-25-19-40-32-31(39-7)24(6)16-28(33(37)41-27)35(25,32)38/h9-12,14-16,20-21,23,26-32,36,38H,8,13,17-19H2,1-7H3/b10-9+,22-12+,25-11+/t20?,21-,23-,26+,27-,28-,29-,30+,31+,32+,34-,35+/m0/s1. The van der Waals surface area contributed by atoms with Crippen LogP contribution in [-0.4, -0.2) is 77.9 Å². The summed E-state index contributed by atoms with van der Waals surface area (Å²) in [7, 11) is 1.58. The Labute approximate surface area is 256 Å². The molecule has 1 spiro atoms. The van der Waals surface area contributed by atoms with E-state index in [0.717, 1.165) is 17.6 Å². The molecule has 238 valence electrons. The molecule has 2 N–H and O–H groups in total. The van der Waals surface area contributed by atoms with Crippen molar-refractivity contribution in [3.63, 3.8) is 0 Å². The number of rotatable bonds is 3. The van der Waals surface area contributed by atoms with Crippen molar-refractivity contribution in [3.05, 3.63) is 59.3 Å². The largest absolute Gasteiger partial charge is 0.462 e. The van der Waals surface area contributed by atoms with Crippen molar-refractivity contribution in [2.75, 3.05) is 13.7 Å². The molecular formula is C35H50O8. The Morgan fingerprint density at radius 2 is 1.88 bits per heavy atom. The molecule has 4 heterocycles. The van der Waals surface area contributed by atoms with Gasteiger partial charge in [-0.2, -0.15) is 0 Å². The highest BCUT2D eigenvalue weighted by Crippen LogP contribution is 2.47. The zero-order valence-electron chi connectivity index (χ0n) is 26.7. The molecule has 5 aliphatic rings. The van der Waals surface area contributed by atoms with Gasteiger partial charge in [-0.1, -0.05) is 70.6 Å². The van der Waals surface area contributed by atoms with Crippen LogP contribution >= 0.6 is 0 Å². The third kappa shape index (κ3) is 6.11. The fourth-order valence-electron chi connectivity index (χ4n) is 7.45. The molecule has 2 saturated heterocycles. The van der Waals surface area contributed by atoms with Crippen molar-refractivity contribution in [1.82, 2.24) is 0 Å². The Morgan fingerprint density at radius 1 is 1.12 bits per heavy atom. The van der Waals surface area contributed by atoms with Gasteiger partial charge in [0.2, 0.25) is 0 Å². The van der Waals surface area contributed by atoms with Crippen molar-refractivity contribution in [2.45, 2.75) is 115 Å². The van der Waals surface area contributed by atoms with E-state index in [1.54, 1.807) is 19.3 Å². The van der Waals surface area contributed by atoms with Crippen molar-refractivity contribution in [1.29, 1.82) is 0 Å². The topological polar surface area (TPSA) is 104 Å². The fourth-order valence-corrected chi connectivity index (χ4v) is 7.45. The van der Waals surface area contributed by atoms with E-state index in [4.69, 9.17) is 23.7 Å². The average Bonchev–Trinajstić information content (AvgIpc) is 3.31. The summed E-state index contributed by atoms with van der Waals surface area (Å²) < 4.78 is 31.5. The number of aliphatic hydroxyl groups is 2. The second-order valence-corrected chi connectivity index (χ2v) is 13.4.